The van der Waals surface area contributed by atoms with Crippen LogP contribution in [0.2, 0.25) is 0 Å². The second-order valence-electron chi connectivity index (χ2n) is 4.81. The molecule has 0 saturated carbocycles. The Kier molecular flexibility index (Phi) is 3.17. The Balaban J connectivity index is 2.32. The molecule has 1 saturated heterocycles. The SMILES string of the molecule is CC(C)(c1nc(N)cc(=O)[nH]1)N1CCNCC1. The molecule has 0 spiro atoms. The molecule has 0 atom stereocenters. The minimum Gasteiger partial charge on any atom is -0.383 e. The summed E-state index contributed by atoms with van der Waals surface area (Å²) in [4.78, 5) is 20.7. The van der Waals surface area contributed by atoms with Gasteiger partial charge in [0.15, 0.2) is 0 Å². The summed E-state index contributed by atoms with van der Waals surface area (Å²) in [6.07, 6.45) is 0. The monoisotopic (exact) mass is 237 g/mol. The molecule has 1 aromatic heterocycles. The van der Waals surface area contributed by atoms with E-state index in [0.717, 1.165) is 26.2 Å². The van der Waals surface area contributed by atoms with E-state index in [4.69, 9.17) is 5.73 Å². The first-order valence-electron chi connectivity index (χ1n) is 5.83. The van der Waals surface area contributed by atoms with E-state index in [1.165, 1.54) is 6.07 Å². The Morgan fingerprint density at radius 2 is 2.06 bits per heavy atom. The van der Waals surface area contributed by atoms with E-state index in [1.807, 2.05) is 0 Å². The summed E-state index contributed by atoms with van der Waals surface area (Å²) < 4.78 is 0. The van der Waals surface area contributed by atoms with Gasteiger partial charge in [0.2, 0.25) is 0 Å². The highest BCUT2D eigenvalue weighted by molar-refractivity contribution is 5.26. The van der Waals surface area contributed by atoms with Gasteiger partial charge in [-0.25, -0.2) is 4.98 Å². The maximum atomic E-state index is 11.4. The quantitative estimate of drug-likeness (QED) is 0.645. The van der Waals surface area contributed by atoms with Crippen LogP contribution in [-0.2, 0) is 5.54 Å². The number of H-pyrrole nitrogens is 1. The molecule has 2 heterocycles. The summed E-state index contributed by atoms with van der Waals surface area (Å²) in [5.74, 6) is 0.899. The fourth-order valence-corrected chi connectivity index (χ4v) is 2.14. The van der Waals surface area contributed by atoms with Gasteiger partial charge in [-0.15, -0.1) is 0 Å². The summed E-state index contributed by atoms with van der Waals surface area (Å²) in [5.41, 5.74) is 5.12. The first kappa shape index (κ1) is 12.1. The zero-order valence-electron chi connectivity index (χ0n) is 10.3. The van der Waals surface area contributed by atoms with Crippen LogP contribution in [0.1, 0.15) is 19.7 Å². The van der Waals surface area contributed by atoms with Gasteiger partial charge in [0.05, 0.1) is 5.54 Å². The van der Waals surface area contributed by atoms with Gasteiger partial charge in [-0.3, -0.25) is 9.69 Å². The van der Waals surface area contributed by atoms with Crippen molar-refractivity contribution in [3.05, 3.63) is 22.2 Å². The van der Waals surface area contributed by atoms with Crippen molar-refractivity contribution in [1.82, 2.24) is 20.2 Å². The zero-order valence-corrected chi connectivity index (χ0v) is 10.3. The first-order chi connectivity index (χ1) is 8.00. The molecule has 4 N–H and O–H groups in total. The molecule has 17 heavy (non-hydrogen) atoms. The van der Waals surface area contributed by atoms with Gasteiger partial charge in [-0.1, -0.05) is 0 Å². The summed E-state index contributed by atoms with van der Waals surface area (Å²) in [6.45, 7) is 7.88. The first-order valence-corrected chi connectivity index (χ1v) is 5.83. The number of aromatic nitrogens is 2. The predicted molar refractivity (Wildman–Crippen MR) is 66.7 cm³/mol. The lowest BCUT2D eigenvalue weighted by Crippen LogP contribution is -2.52. The fourth-order valence-electron chi connectivity index (χ4n) is 2.14. The molecular weight excluding hydrogens is 218 g/mol. The lowest BCUT2D eigenvalue weighted by molar-refractivity contribution is 0.0947. The van der Waals surface area contributed by atoms with Crippen molar-refractivity contribution in [1.29, 1.82) is 0 Å². The Morgan fingerprint density at radius 1 is 1.41 bits per heavy atom. The lowest BCUT2D eigenvalue weighted by Gasteiger charge is -2.40. The topological polar surface area (TPSA) is 87.0 Å². The maximum absolute atomic E-state index is 11.4. The van der Waals surface area contributed by atoms with E-state index in [9.17, 15) is 4.79 Å². The summed E-state index contributed by atoms with van der Waals surface area (Å²) in [6, 6.07) is 1.30. The van der Waals surface area contributed by atoms with E-state index in [2.05, 4.69) is 34.0 Å². The average molecular weight is 237 g/mol. The van der Waals surface area contributed by atoms with Crippen LogP contribution in [0.3, 0.4) is 0 Å². The molecule has 1 aliphatic heterocycles. The van der Waals surface area contributed by atoms with Crippen LogP contribution in [0.4, 0.5) is 5.82 Å². The molecule has 0 radical (unpaired) electrons. The molecule has 0 aromatic carbocycles. The molecule has 6 nitrogen and oxygen atoms in total. The number of hydrogen-bond donors (Lipinski definition) is 3. The number of rotatable bonds is 2. The molecule has 0 unspecified atom stereocenters. The number of anilines is 1. The van der Waals surface area contributed by atoms with Gasteiger partial charge in [-0.05, 0) is 13.8 Å². The Morgan fingerprint density at radius 3 is 2.65 bits per heavy atom. The van der Waals surface area contributed by atoms with Gasteiger partial charge in [-0.2, -0.15) is 0 Å². The van der Waals surface area contributed by atoms with Crippen molar-refractivity contribution >= 4 is 5.82 Å². The highest BCUT2D eigenvalue weighted by Gasteiger charge is 2.32. The van der Waals surface area contributed by atoms with Crippen molar-refractivity contribution in [3.8, 4) is 0 Å². The van der Waals surface area contributed by atoms with Crippen LogP contribution in [-0.4, -0.2) is 41.0 Å². The third-order valence-corrected chi connectivity index (χ3v) is 3.25. The fraction of sp³-hybridized carbons (Fsp3) is 0.636. The van der Waals surface area contributed by atoms with Crippen molar-refractivity contribution < 1.29 is 0 Å². The maximum Gasteiger partial charge on any atom is 0.253 e. The molecule has 0 amide bonds. The van der Waals surface area contributed by atoms with Gasteiger partial charge in [0, 0.05) is 32.2 Å². The molecule has 1 fully saturated rings. The van der Waals surface area contributed by atoms with E-state index < -0.39 is 0 Å². The lowest BCUT2D eigenvalue weighted by atomic mass is 10.0. The molecular formula is C11H19N5O. The number of piperazine rings is 1. The summed E-state index contributed by atoms with van der Waals surface area (Å²) in [5, 5.41) is 3.30. The molecule has 0 bridgehead atoms. The van der Waals surface area contributed by atoms with Crippen LogP contribution in [0.25, 0.3) is 0 Å². The van der Waals surface area contributed by atoms with Crippen molar-refractivity contribution in [2.45, 2.75) is 19.4 Å². The average Bonchev–Trinajstić information content (AvgIpc) is 2.29. The minimum atomic E-state index is -0.309. The van der Waals surface area contributed by atoms with Crippen molar-refractivity contribution in [2.75, 3.05) is 31.9 Å². The second kappa shape index (κ2) is 4.46. The zero-order chi connectivity index (χ0) is 12.5. The van der Waals surface area contributed by atoms with Crippen LogP contribution in [0.15, 0.2) is 10.9 Å². The molecule has 1 aromatic rings. The Labute approximate surface area is 100 Å². The van der Waals surface area contributed by atoms with Crippen molar-refractivity contribution in [3.63, 3.8) is 0 Å². The molecule has 94 valence electrons. The van der Waals surface area contributed by atoms with Crippen LogP contribution in [0.5, 0.6) is 0 Å². The summed E-state index contributed by atoms with van der Waals surface area (Å²) in [7, 11) is 0. The molecule has 1 aliphatic rings. The highest BCUT2D eigenvalue weighted by Crippen LogP contribution is 2.24. The van der Waals surface area contributed by atoms with E-state index in [1.54, 1.807) is 0 Å². The number of hydrogen-bond acceptors (Lipinski definition) is 5. The largest absolute Gasteiger partial charge is 0.383 e. The Bertz CT molecular complexity index is 447. The standard InChI is InChI=1S/C11H19N5O/c1-11(2,16-5-3-13-4-6-16)10-14-8(12)7-9(17)15-10/h7,13H,3-6H2,1-2H3,(H3,12,14,15,17). The van der Waals surface area contributed by atoms with E-state index in [0.29, 0.717) is 5.82 Å². The number of nitrogens with two attached hydrogens (primary N) is 1. The number of nitrogen functional groups attached to an aromatic ring is 1. The second-order valence-corrected chi connectivity index (χ2v) is 4.81. The van der Waals surface area contributed by atoms with Gasteiger partial charge in [0.25, 0.3) is 5.56 Å². The highest BCUT2D eigenvalue weighted by atomic mass is 16.1. The third-order valence-electron chi connectivity index (χ3n) is 3.25. The van der Waals surface area contributed by atoms with Gasteiger partial charge < -0.3 is 16.0 Å². The third kappa shape index (κ3) is 2.48. The summed E-state index contributed by atoms with van der Waals surface area (Å²) >= 11 is 0. The molecule has 6 heteroatoms. The number of nitrogens with one attached hydrogen (secondary N) is 2. The minimum absolute atomic E-state index is 0.198. The van der Waals surface area contributed by atoms with Crippen LogP contribution < -0.4 is 16.6 Å². The smallest absolute Gasteiger partial charge is 0.253 e. The van der Waals surface area contributed by atoms with Crippen LogP contribution >= 0.6 is 0 Å². The Hall–Kier alpha value is -1.40. The van der Waals surface area contributed by atoms with Crippen LogP contribution in [0, 0.1) is 0 Å². The number of aromatic amines is 1. The van der Waals surface area contributed by atoms with Crippen molar-refractivity contribution in [2.24, 2.45) is 0 Å². The normalized spacial score (nSPS) is 18.2. The van der Waals surface area contributed by atoms with E-state index >= 15 is 0 Å². The van der Waals surface area contributed by atoms with Gasteiger partial charge in [0.1, 0.15) is 11.6 Å². The predicted octanol–water partition coefficient (Wildman–Crippen LogP) is -0.508. The molecule has 0 aliphatic carbocycles. The van der Waals surface area contributed by atoms with E-state index in [-0.39, 0.29) is 16.9 Å². The number of nitrogens with zero attached hydrogens (tertiary/aromatic N) is 2. The molecule has 2 rings (SSSR count). The van der Waals surface area contributed by atoms with Gasteiger partial charge >= 0.3 is 0 Å².